The smallest absolute Gasteiger partial charge is 0.216 e. The van der Waals surface area contributed by atoms with Crippen LogP contribution in [0.4, 0.5) is 0 Å². The number of methoxy groups -OCH3 is 1. The third kappa shape index (κ3) is 3.04. The van der Waals surface area contributed by atoms with Gasteiger partial charge in [-0.15, -0.1) is 0 Å². The molecule has 0 saturated carbocycles. The topological polar surface area (TPSA) is 52.1 Å². The summed E-state index contributed by atoms with van der Waals surface area (Å²) < 4.78 is 5.95. The molecule has 0 aliphatic heterocycles. The highest BCUT2D eigenvalue weighted by Gasteiger charge is 2.11. The van der Waals surface area contributed by atoms with Gasteiger partial charge in [-0.1, -0.05) is 18.2 Å². The average molecular weight is 354 g/mol. The molecule has 0 aliphatic rings. The van der Waals surface area contributed by atoms with Crippen LogP contribution in [0.5, 0.6) is 5.88 Å². The van der Waals surface area contributed by atoms with Gasteiger partial charge >= 0.3 is 0 Å². The zero-order valence-corrected chi connectivity index (χ0v) is 11.9. The van der Waals surface area contributed by atoms with Gasteiger partial charge in [-0.3, -0.25) is 4.79 Å². The maximum Gasteiger partial charge on any atom is 0.216 e. The molecule has 0 radical (unpaired) electrons. The van der Waals surface area contributed by atoms with E-state index in [1.807, 2.05) is 24.3 Å². The third-order valence-electron chi connectivity index (χ3n) is 2.42. The number of Topliss-reactive ketones (excluding diaryl/α,β-unsaturated/α-hetero) is 1. The number of halogens is 1. The van der Waals surface area contributed by atoms with E-state index < -0.39 is 0 Å². The van der Waals surface area contributed by atoms with Crippen molar-refractivity contribution in [2.24, 2.45) is 0 Å². The number of ether oxygens (including phenoxy) is 1. The van der Waals surface area contributed by atoms with Crippen LogP contribution in [0.3, 0.4) is 0 Å². The van der Waals surface area contributed by atoms with Gasteiger partial charge in [0, 0.05) is 15.2 Å². The highest BCUT2D eigenvalue weighted by molar-refractivity contribution is 14.1. The molecule has 0 aliphatic carbocycles. The minimum Gasteiger partial charge on any atom is -0.481 e. The molecular weight excluding hydrogens is 343 g/mol. The van der Waals surface area contributed by atoms with Crippen LogP contribution in [0.25, 0.3) is 0 Å². The summed E-state index contributed by atoms with van der Waals surface area (Å²) in [5.41, 5.74) is 1.38. The number of aromatic nitrogens is 2. The largest absolute Gasteiger partial charge is 0.481 e. The van der Waals surface area contributed by atoms with Crippen molar-refractivity contribution in [2.45, 2.75) is 6.42 Å². The molecule has 0 bridgehead atoms. The number of hydrogen-bond acceptors (Lipinski definition) is 4. The zero-order chi connectivity index (χ0) is 13.0. The van der Waals surface area contributed by atoms with E-state index in [0.29, 0.717) is 11.6 Å². The summed E-state index contributed by atoms with van der Waals surface area (Å²) in [6.07, 6.45) is 1.65. The molecule has 1 heterocycles. The van der Waals surface area contributed by atoms with Crippen LogP contribution in [0, 0.1) is 3.57 Å². The van der Waals surface area contributed by atoms with Crippen LogP contribution in [-0.2, 0) is 6.42 Å². The van der Waals surface area contributed by atoms with Crippen molar-refractivity contribution in [1.82, 2.24) is 9.97 Å². The molecule has 0 amide bonds. The number of hydrogen-bond donors (Lipinski definition) is 0. The standard InChI is InChI=1S/C13H11IN2O2/c1-18-13-7-9(15-8-16-13)6-12(17)10-4-2-3-5-11(10)14/h2-5,7-8H,6H2,1H3. The maximum atomic E-state index is 12.1. The summed E-state index contributed by atoms with van der Waals surface area (Å²) in [6, 6.07) is 9.17. The molecule has 18 heavy (non-hydrogen) atoms. The van der Waals surface area contributed by atoms with Crippen LogP contribution in [0.2, 0.25) is 0 Å². The Labute approximate surface area is 119 Å². The van der Waals surface area contributed by atoms with Crippen molar-refractivity contribution < 1.29 is 9.53 Å². The molecule has 0 saturated heterocycles. The van der Waals surface area contributed by atoms with E-state index in [1.165, 1.54) is 13.4 Å². The van der Waals surface area contributed by atoms with Gasteiger partial charge in [-0.25, -0.2) is 9.97 Å². The summed E-state index contributed by atoms with van der Waals surface area (Å²) in [5, 5.41) is 0. The summed E-state index contributed by atoms with van der Waals surface area (Å²) in [4.78, 5) is 20.1. The summed E-state index contributed by atoms with van der Waals surface area (Å²) >= 11 is 2.15. The molecule has 0 fully saturated rings. The van der Waals surface area contributed by atoms with Gasteiger partial charge in [0.15, 0.2) is 5.78 Å². The van der Waals surface area contributed by atoms with Crippen molar-refractivity contribution >= 4 is 28.4 Å². The summed E-state index contributed by atoms with van der Waals surface area (Å²) in [7, 11) is 1.54. The predicted molar refractivity (Wildman–Crippen MR) is 75.8 cm³/mol. The minimum atomic E-state index is 0.0424. The first-order chi connectivity index (χ1) is 8.70. The highest BCUT2D eigenvalue weighted by atomic mass is 127. The minimum absolute atomic E-state index is 0.0424. The Bertz CT molecular complexity index is 572. The molecule has 0 spiro atoms. The number of benzene rings is 1. The summed E-state index contributed by atoms with van der Waals surface area (Å²) in [5.74, 6) is 0.510. The van der Waals surface area contributed by atoms with Crippen molar-refractivity contribution in [3.8, 4) is 5.88 Å². The predicted octanol–water partition coefficient (Wildman–Crippen LogP) is 2.52. The molecular formula is C13H11IN2O2. The monoisotopic (exact) mass is 354 g/mol. The fourth-order valence-electron chi connectivity index (χ4n) is 1.53. The van der Waals surface area contributed by atoms with Gasteiger partial charge in [0.2, 0.25) is 5.88 Å². The second-order valence-electron chi connectivity index (χ2n) is 3.63. The van der Waals surface area contributed by atoms with Gasteiger partial charge in [0.25, 0.3) is 0 Å². The number of carbonyl (C=O) groups excluding carboxylic acids is 1. The first-order valence-electron chi connectivity index (χ1n) is 5.33. The SMILES string of the molecule is COc1cc(CC(=O)c2ccccc2I)ncn1. The molecule has 0 N–H and O–H groups in total. The normalized spacial score (nSPS) is 10.1. The number of rotatable bonds is 4. The van der Waals surface area contributed by atoms with Crippen LogP contribution in [0.15, 0.2) is 36.7 Å². The molecule has 4 nitrogen and oxygen atoms in total. The van der Waals surface area contributed by atoms with E-state index in [1.54, 1.807) is 6.07 Å². The molecule has 2 rings (SSSR count). The Kier molecular flexibility index (Phi) is 4.24. The fraction of sp³-hybridized carbons (Fsp3) is 0.154. The molecule has 1 aromatic heterocycles. The van der Waals surface area contributed by atoms with Crippen molar-refractivity contribution in [2.75, 3.05) is 7.11 Å². The Morgan fingerprint density at radius 1 is 1.33 bits per heavy atom. The lowest BCUT2D eigenvalue weighted by atomic mass is 10.1. The zero-order valence-electron chi connectivity index (χ0n) is 9.76. The first kappa shape index (κ1) is 12.9. The van der Waals surface area contributed by atoms with Crippen molar-refractivity contribution in [3.05, 3.63) is 51.5 Å². The molecule has 92 valence electrons. The van der Waals surface area contributed by atoms with Gasteiger partial charge in [0.1, 0.15) is 6.33 Å². The Hall–Kier alpha value is -1.50. The van der Waals surface area contributed by atoms with E-state index >= 15 is 0 Å². The van der Waals surface area contributed by atoms with Gasteiger partial charge < -0.3 is 4.74 Å². The van der Waals surface area contributed by atoms with Gasteiger partial charge in [0.05, 0.1) is 19.2 Å². The Balaban J connectivity index is 2.19. The fourth-order valence-corrected chi connectivity index (χ4v) is 2.22. The summed E-state index contributed by atoms with van der Waals surface area (Å²) in [6.45, 7) is 0. The van der Waals surface area contributed by atoms with E-state index in [-0.39, 0.29) is 12.2 Å². The quantitative estimate of drug-likeness (QED) is 0.626. The Morgan fingerprint density at radius 3 is 2.83 bits per heavy atom. The van der Waals surface area contributed by atoms with Gasteiger partial charge in [-0.05, 0) is 28.7 Å². The molecule has 5 heteroatoms. The van der Waals surface area contributed by atoms with Crippen LogP contribution < -0.4 is 4.74 Å². The highest BCUT2D eigenvalue weighted by Crippen LogP contribution is 2.15. The lowest BCUT2D eigenvalue weighted by molar-refractivity contribution is 0.0991. The third-order valence-corrected chi connectivity index (χ3v) is 3.36. The van der Waals surface area contributed by atoms with E-state index in [2.05, 4.69) is 32.6 Å². The number of nitrogens with zero attached hydrogens (tertiary/aromatic N) is 2. The lowest BCUT2D eigenvalue weighted by Gasteiger charge is -2.04. The second-order valence-corrected chi connectivity index (χ2v) is 4.79. The number of carbonyl (C=O) groups is 1. The average Bonchev–Trinajstić information content (AvgIpc) is 2.39. The molecule has 1 aromatic carbocycles. The molecule has 0 unspecified atom stereocenters. The first-order valence-corrected chi connectivity index (χ1v) is 6.41. The van der Waals surface area contributed by atoms with Crippen LogP contribution in [-0.4, -0.2) is 22.9 Å². The Morgan fingerprint density at radius 2 is 2.11 bits per heavy atom. The molecule has 2 aromatic rings. The maximum absolute atomic E-state index is 12.1. The van der Waals surface area contributed by atoms with Crippen molar-refractivity contribution in [1.29, 1.82) is 0 Å². The lowest BCUT2D eigenvalue weighted by Crippen LogP contribution is -2.07. The second kappa shape index (κ2) is 5.90. The van der Waals surface area contributed by atoms with E-state index in [9.17, 15) is 4.79 Å². The number of ketones is 1. The van der Waals surface area contributed by atoms with E-state index in [4.69, 9.17) is 4.74 Å². The van der Waals surface area contributed by atoms with Crippen LogP contribution in [0.1, 0.15) is 16.1 Å². The van der Waals surface area contributed by atoms with Gasteiger partial charge in [-0.2, -0.15) is 0 Å². The molecule has 0 atom stereocenters. The van der Waals surface area contributed by atoms with E-state index in [0.717, 1.165) is 9.13 Å². The van der Waals surface area contributed by atoms with Crippen LogP contribution >= 0.6 is 22.6 Å². The van der Waals surface area contributed by atoms with Crippen molar-refractivity contribution in [3.63, 3.8) is 0 Å².